The number of hydrogen-bond donors (Lipinski definition) is 1. The van der Waals surface area contributed by atoms with Gasteiger partial charge in [0.25, 0.3) is 0 Å². The molecule has 1 aromatic carbocycles. The number of nitrogens with one attached hydrogen (secondary N) is 1. The largest absolute Gasteiger partial charge is 0.467 e. The average molecular weight is 368 g/mol. The molecular formula is C17H22BrNO3. The van der Waals surface area contributed by atoms with E-state index in [-0.39, 0.29) is 23.7 Å². The summed E-state index contributed by atoms with van der Waals surface area (Å²) in [7, 11) is 1.35. The highest BCUT2D eigenvalue weighted by Crippen LogP contribution is 2.47. The third-order valence-corrected chi connectivity index (χ3v) is 4.46. The van der Waals surface area contributed by atoms with Gasteiger partial charge in [-0.2, -0.15) is 0 Å². The van der Waals surface area contributed by atoms with Gasteiger partial charge in [0.05, 0.1) is 7.11 Å². The van der Waals surface area contributed by atoms with Gasteiger partial charge in [0.15, 0.2) is 0 Å². The van der Waals surface area contributed by atoms with Crippen molar-refractivity contribution in [3.8, 4) is 0 Å². The quantitative estimate of drug-likeness (QED) is 0.785. The Morgan fingerprint density at radius 3 is 2.50 bits per heavy atom. The lowest BCUT2D eigenvalue weighted by molar-refractivity contribution is -0.145. The van der Waals surface area contributed by atoms with E-state index in [1.54, 1.807) is 0 Å². The lowest BCUT2D eigenvalue weighted by Gasteiger charge is -2.18. The normalized spacial score (nSPS) is 21.3. The Hall–Kier alpha value is -1.36. The number of benzene rings is 1. The predicted octanol–water partition coefficient (Wildman–Crippen LogP) is 3.26. The van der Waals surface area contributed by atoms with Crippen molar-refractivity contribution in [2.75, 3.05) is 7.11 Å². The first kappa shape index (κ1) is 17.0. The number of carbonyl (C=O) groups excluding carboxylic acids is 2. The summed E-state index contributed by atoms with van der Waals surface area (Å²) in [6, 6.07) is 7.49. The topological polar surface area (TPSA) is 55.4 Å². The molecule has 0 bridgehead atoms. The van der Waals surface area contributed by atoms with Crippen molar-refractivity contribution in [2.45, 2.75) is 38.6 Å². The molecule has 3 unspecified atom stereocenters. The Morgan fingerprint density at radius 2 is 1.95 bits per heavy atom. The summed E-state index contributed by atoms with van der Waals surface area (Å²) in [6.07, 6.45) is 1.43. The van der Waals surface area contributed by atoms with Gasteiger partial charge in [-0.1, -0.05) is 41.9 Å². The van der Waals surface area contributed by atoms with Crippen molar-refractivity contribution in [1.82, 2.24) is 5.32 Å². The maximum atomic E-state index is 12.3. The fourth-order valence-corrected chi connectivity index (χ4v) is 2.93. The predicted molar refractivity (Wildman–Crippen MR) is 88.4 cm³/mol. The molecule has 1 amide bonds. The van der Waals surface area contributed by atoms with Crippen LogP contribution >= 0.6 is 15.9 Å². The zero-order valence-electron chi connectivity index (χ0n) is 13.1. The third-order valence-electron chi connectivity index (χ3n) is 3.93. The molecule has 1 fully saturated rings. The van der Waals surface area contributed by atoms with Gasteiger partial charge in [0.1, 0.15) is 6.04 Å². The summed E-state index contributed by atoms with van der Waals surface area (Å²) in [6.45, 7) is 4.04. The molecule has 1 aliphatic rings. The zero-order chi connectivity index (χ0) is 16.3. The molecule has 0 aliphatic heterocycles. The molecule has 0 saturated heterocycles. The van der Waals surface area contributed by atoms with Gasteiger partial charge in [-0.3, -0.25) is 4.79 Å². The van der Waals surface area contributed by atoms with Gasteiger partial charge in [-0.05, 0) is 42.4 Å². The highest BCUT2D eigenvalue weighted by atomic mass is 79.9. The van der Waals surface area contributed by atoms with E-state index in [1.807, 2.05) is 38.1 Å². The number of amides is 1. The maximum Gasteiger partial charge on any atom is 0.328 e. The van der Waals surface area contributed by atoms with Crippen molar-refractivity contribution >= 4 is 27.8 Å². The molecule has 0 spiro atoms. The summed E-state index contributed by atoms with van der Waals surface area (Å²) in [5.74, 6) is 0.101. The highest BCUT2D eigenvalue weighted by molar-refractivity contribution is 9.10. The molecule has 4 nitrogen and oxygen atoms in total. The van der Waals surface area contributed by atoms with E-state index in [9.17, 15) is 9.59 Å². The summed E-state index contributed by atoms with van der Waals surface area (Å²) < 4.78 is 5.81. The number of ether oxygens (including phenoxy) is 1. The minimum Gasteiger partial charge on any atom is -0.467 e. The Morgan fingerprint density at radius 1 is 1.32 bits per heavy atom. The second-order valence-electron chi connectivity index (χ2n) is 6.21. The Kier molecular flexibility index (Phi) is 5.62. The molecule has 2 rings (SSSR count). The molecule has 22 heavy (non-hydrogen) atoms. The molecular weight excluding hydrogens is 346 g/mol. The van der Waals surface area contributed by atoms with Crippen molar-refractivity contribution in [3.05, 3.63) is 34.3 Å². The number of methoxy groups -OCH3 is 1. The summed E-state index contributed by atoms with van der Waals surface area (Å²) in [5.41, 5.74) is 1.17. The summed E-state index contributed by atoms with van der Waals surface area (Å²) >= 11 is 3.41. The zero-order valence-corrected chi connectivity index (χ0v) is 14.7. The smallest absolute Gasteiger partial charge is 0.328 e. The van der Waals surface area contributed by atoms with Crippen molar-refractivity contribution in [2.24, 2.45) is 11.8 Å². The van der Waals surface area contributed by atoms with Crippen LogP contribution < -0.4 is 5.32 Å². The van der Waals surface area contributed by atoms with Crippen LogP contribution in [-0.4, -0.2) is 25.0 Å². The van der Waals surface area contributed by atoms with E-state index >= 15 is 0 Å². The van der Waals surface area contributed by atoms with Crippen molar-refractivity contribution in [3.63, 3.8) is 0 Å². The molecule has 0 heterocycles. The van der Waals surface area contributed by atoms with Crippen LogP contribution in [0.5, 0.6) is 0 Å². The number of hydrogen-bond acceptors (Lipinski definition) is 3. The molecule has 5 heteroatoms. The van der Waals surface area contributed by atoms with Gasteiger partial charge in [-0.25, -0.2) is 4.79 Å². The van der Waals surface area contributed by atoms with Gasteiger partial charge in [-0.15, -0.1) is 0 Å². The van der Waals surface area contributed by atoms with Crippen LogP contribution in [0.4, 0.5) is 0 Å². The third kappa shape index (κ3) is 4.32. The summed E-state index contributed by atoms with van der Waals surface area (Å²) in [4.78, 5) is 24.1. The monoisotopic (exact) mass is 367 g/mol. The molecule has 0 aromatic heterocycles. The molecule has 1 aliphatic carbocycles. The Balaban J connectivity index is 1.94. The van der Waals surface area contributed by atoms with E-state index < -0.39 is 6.04 Å². The highest BCUT2D eigenvalue weighted by Gasteiger charge is 2.44. The van der Waals surface area contributed by atoms with Crippen LogP contribution in [0.2, 0.25) is 0 Å². The maximum absolute atomic E-state index is 12.3. The van der Waals surface area contributed by atoms with Crippen LogP contribution in [0, 0.1) is 11.8 Å². The van der Waals surface area contributed by atoms with Crippen molar-refractivity contribution < 1.29 is 14.3 Å². The molecule has 1 saturated carbocycles. The van der Waals surface area contributed by atoms with Crippen LogP contribution in [0.25, 0.3) is 0 Å². The number of carbonyl (C=O) groups is 2. The second-order valence-corrected chi connectivity index (χ2v) is 7.13. The first-order chi connectivity index (χ1) is 10.4. The van der Waals surface area contributed by atoms with E-state index in [0.717, 1.165) is 10.9 Å². The van der Waals surface area contributed by atoms with E-state index in [2.05, 4.69) is 21.2 Å². The molecule has 120 valence electrons. The second kappa shape index (κ2) is 7.27. The van der Waals surface area contributed by atoms with Gasteiger partial charge in [0.2, 0.25) is 5.91 Å². The molecule has 3 atom stereocenters. The minimum absolute atomic E-state index is 0.0412. The fraction of sp³-hybridized carbons (Fsp3) is 0.529. The minimum atomic E-state index is -0.552. The van der Waals surface area contributed by atoms with Gasteiger partial charge >= 0.3 is 5.97 Å². The first-order valence-electron chi connectivity index (χ1n) is 7.56. The lowest BCUT2D eigenvalue weighted by atomic mass is 10.0. The summed E-state index contributed by atoms with van der Waals surface area (Å²) in [5, 5.41) is 2.85. The SMILES string of the molecule is COC(=O)C(CC(C)C)NC(=O)C1CC1c1ccc(Br)cc1. The molecule has 1 N–H and O–H groups in total. The number of halogens is 1. The number of rotatable bonds is 6. The van der Waals surface area contributed by atoms with Crippen LogP contribution in [-0.2, 0) is 14.3 Å². The average Bonchev–Trinajstić information content (AvgIpc) is 3.26. The van der Waals surface area contributed by atoms with Crippen LogP contribution in [0.3, 0.4) is 0 Å². The fourth-order valence-electron chi connectivity index (χ4n) is 2.67. The van der Waals surface area contributed by atoms with Crippen LogP contribution in [0.1, 0.15) is 38.2 Å². The number of esters is 1. The standard InChI is InChI=1S/C17H22BrNO3/c1-10(2)8-15(17(21)22-3)19-16(20)14-9-13(14)11-4-6-12(18)7-5-11/h4-7,10,13-15H,8-9H2,1-3H3,(H,19,20). The van der Waals surface area contributed by atoms with Crippen molar-refractivity contribution in [1.29, 1.82) is 0 Å². The Bertz CT molecular complexity index is 541. The molecule has 1 aromatic rings. The van der Waals surface area contributed by atoms with E-state index in [1.165, 1.54) is 12.7 Å². The van der Waals surface area contributed by atoms with Gasteiger partial charge < -0.3 is 10.1 Å². The molecule has 0 radical (unpaired) electrons. The Labute approximate surface area is 139 Å². The van der Waals surface area contributed by atoms with E-state index in [4.69, 9.17) is 4.74 Å². The first-order valence-corrected chi connectivity index (χ1v) is 8.35. The van der Waals surface area contributed by atoms with Crippen LogP contribution in [0.15, 0.2) is 28.7 Å². The lowest BCUT2D eigenvalue weighted by Crippen LogP contribution is -2.43. The van der Waals surface area contributed by atoms with Gasteiger partial charge in [0, 0.05) is 10.4 Å². The van der Waals surface area contributed by atoms with E-state index in [0.29, 0.717) is 12.3 Å².